The average Bonchev–Trinajstić information content (AvgIpc) is 2.27. The zero-order valence-electron chi connectivity index (χ0n) is 10.9. The highest BCUT2D eigenvalue weighted by Gasteiger charge is 2.02. The second-order valence-corrected chi connectivity index (χ2v) is 4.86. The van der Waals surface area contributed by atoms with Crippen LogP contribution >= 0.6 is 12.2 Å². The first-order valence-electron chi connectivity index (χ1n) is 6.14. The highest BCUT2D eigenvalue weighted by atomic mass is 32.1. The smallest absolute Gasteiger partial charge is 0.131 e. The molecular weight excluding hydrogens is 250 g/mol. The van der Waals surface area contributed by atoms with E-state index < -0.39 is 0 Å². The van der Waals surface area contributed by atoms with E-state index >= 15 is 0 Å². The van der Waals surface area contributed by atoms with Crippen LogP contribution in [0.2, 0.25) is 0 Å². The molecule has 0 saturated heterocycles. The van der Waals surface area contributed by atoms with Crippen molar-refractivity contribution in [3.05, 3.63) is 16.5 Å². The lowest BCUT2D eigenvalue weighted by Crippen LogP contribution is -2.13. The van der Waals surface area contributed by atoms with Crippen molar-refractivity contribution in [2.45, 2.75) is 20.3 Å². The standard InChI is InChI=1S/C12H21N3O2S/c1-9(2)7-11-14-10(8-12(18)15-11)13-3-5-17-6-4-16/h8-9,16H,3-7H2,1-2H3,(H2,13,14,15,18). The van der Waals surface area contributed by atoms with Gasteiger partial charge >= 0.3 is 0 Å². The summed E-state index contributed by atoms with van der Waals surface area (Å²) in [6, 6.07) is 1.80. The quantitative estimate of drug-likeness (QED) is 0.496. The number of nitrogens with zero attached hydrogens (tertiary/aromatic N) is 1. The molecule has 1 heterocycles. The number of H-pyrrole nitrogens is 1. The van der Waals surface area contributed by atoms with Crippen LogP contribution in [-0.4, -0.2) is 41.4 Å². The van der Waals surface area contributed by atoms with Gasteiger partial charge < -0.3 is 20.1 Å². The van der Waals surface area contributed by atoms with E-state index in [1.165, 1.54) is 0 Å². The molecule has 0 aromatic carbocycles. The van der Waals surface area contributed by atoms with Crippen molar-refractivity contribution in [2.75, 3.05) is 31.7 Å². The molecule has 1 aromatic rings. The van der Waals surface area contributed by atoms with Gasteiger partial charge in [-0.2, -0.15) is 0 Å². The van der Waals surface area contributed by atoms with Crippen molar-refractivity contribution in [3.63, 3.8) is 0 Å². The van der Waals surface area contributed by atoms with Crippen molar-refractivity contribution in [1.82, 2.24) is 9.97 Å². The van der Waals surface area contributed by atoms with Gasteiger partial charge in [-0.3, -0.25) is 0 Å². The van der Waals surface area contributed by atoms with Crippen molar-refractivity contribution >= 4 is 18.0 Å². The van der Waals surface area contributed by atoms with Gasteiger partial charge in [-0.1, -0.05) is 26.1 Å². The Morgan fingerprint density at radius 3 is 2.94 bits per heavy atom. The molecule has 102 valence electrons. The molecule has 3 N–H and O–H groups in total. The van der Waals surface area contributed by atoms with Crippen molar-refractivity contribution in [3.8, 4) is 0 Å². The monoisotopic (exact) mass is 271 g/mol. The van der Waals surface area contributed by atoms with E-state index in [4.69, 9.17) is 22.1 Å². The van der Waals surface area contributed by atoms with Gasteiger partial charge in [0.1, 0.15) is 16.3 Å². The number of aliphatic hydroxyl groups is 1. The molecule has 0 aliphatic carbocycles. The summed E-state index contributed by atoms with van der Waals surface area (Å²) < 4.78 is 5.75. The molecule has 0 unspecified atom stereocenters. The Kier molecular flexibility index (Phi) is 6.85. The van der Waals surface area contributed by atoms with E-state index in [0.717, 1.165) is 18.1 Å². The third kappa shape index (κ3) is 6.09. The molecule has 0 aliphatic rings. The molecule has 0 amide bonds. The second kappa shape index (κ2) is 8.18. The van der Waals surface area contributed by atoms with Gasteiger partial charge in [-0.15, -0.1) is 0 Å². The molecule has 0 spiro atoms. The number of aromatic nitrogens is 2. The minimum Gasteiger partial charge on any atom is -0.394 e. The maximum Gasteiger partial charge on any atom is 0.131 e. The second-order valence-electron chi connectivity index (χ2n) is 4.44. The Balaban J connectivity index is 2.49. The summed E-state index contributed by atoms with van der Waals surface area (Å²) in [5.74, 6) is 2.29. The van der Waals surface area contributed by atoms with Crippen molar-refractivity contribution < 1.29 is 9.84 Å². The molecule has 0 radical (unpaired) electrons. The summed E-state index contributed by atoms with van der Waals surface area (Å²) in [6.45, 7) is 5.91. The Morgan fingerprint density at radius 1 is 1.50 bits per heavy atom. The van der Waals surface area contributed by atoms with E-state index in [2.05, 4.69) is 29.1 Å². The lowest BCUT2D eigenvalue weighted by atomic mass is 10.1. The zero-order valence-corrected chi connectivity index (χ0v) is 11.7. The summed E-state index contributed by atoms with van der Waals surface area (Å²) in [7, 11) is 0. The number of hydrogen-bond acceptors (Lipinski definition) is 5. The van der Waals surface area contributed by atoms with Crippen LogP contribution in [0.1, 0.15) is 19.7 Å². The highest BCUT2D eigenvalue weighted by Crippen LogP contribution is 2.07. The molecular formula is C12H21N3O2S. The number of rotatable bonds is 8. The van der Waals surface area contributed by atoms with E-state index in [-0.39, 0.29) is 6.61 Å². The first kappa shape index (κ1) is 15.1. The van der Waals surface area contributed by atoms with Gasteiger partial charge in [-0.25, -0.2) is 4.98 Å². The first-order chi connectivity index (χ1) is 8.61. The van der Waals surface area contributed by atoms with Gasteiger partial charge in [-0.05, 0) is 5.92 Å². The molecule has 0 aliphatic heterocycles. The molecule has 0 bridgehead atoms. The summed E-state index contributed by atoms with van der Waals surface area (Å²) in [6.07, 6.45) is 0.875. The lowest BCUT2D eigenvalue weighted by molar-refractivity contribution is 0.0992. The third-order valence-corrected chi connectivity index (χ3v) is 2.40. The van der Waals surface area contributed by atoms with Crippen LogP contribution in [0.3, 0.4) is 0 Å². The van der Waals surface area contributed by atoms with Crippen molar-refractivity contribution in [1.29, 1.82) is 0 Å². The van der Waals surface area contributed by atoms with Gasteiger partial charge in [0.15, 0.2) is 0 Å². The Morgan fingerprint density at radius 2 is 2.28 bits per heavy atom. The summed E-state index contributed by atoms with van der Waals surface area (Å²) >= 11 is 5.12. The Bertz CT molecular complexity index is 407. The number of aromatic amines is 1. The van der Waals surface area contributed by atoms with Crippen LogP contribution in [0.4, 0.5) is 5.82 Å². The Hall–Kier alpha value is -0.980. The van der Waals surface area contributed by atoms with Gasteiger partial charge in [0.25, 0.3) is 0 Å². The van der Waals surface area contributed by atoms with E-state index in [0.29, 0.717) is 30.3 Å². The third-order valence-electron chi connectivity index (χ3n) is 2.19. The van der Waals surface area contributed by atoms with Crippen LogP contribution in [0, 0.1) is 10.6 Å². The number of aliphatic hydroxyl groups excluding tert-OH is 1. The zero-order chi connectivity index (χ0) is 13.4. The molecule has 1 rings (SSSR count). The SMILES string of the molecule is CC(C)Cc1nc(=S)cc(NCCOCCO)[nH]1. The largest absolute Gasteiger partial charge is 0.394 e. The van der Waals surface area contributed by atoms with Crippen LogP contribution < -0.4 is 5.32 Å². The number of anilines is 1. The number of ether oxygens (including phenoxy) is 1. The van der Waals surface area contributed by atoms with E-state index in [1.54, 1.807) is 6.07 Å². The van der Waals surface area contributed by atoms with Crippen LogP contribution in [-0.2, 0) is 11.2 Å². The molecule has 18 heavy (non-hydrogen) atoms. The summed E-state index contributed by atoms with van der Waals surface area (Å²) in [5, 5.41) is 11.8. The molecule has 5 nitrogen and oxygen atoms in total. The van der Waals surface area contributed by atoms with Crippen molar-refractivity contribution in [2.24, 2.45) is 5.92 Å². The predicted molar refractivity (Wildman–Crippen MR) is 74.4 cm³/mol. The van der Waals surface area contributed by atoms with E-state index in [1.807, 2.05) is 0 Å². The summed E-state index contributed by atoms with van der Waals surface area (Å²) in [4.78, 5) is 7.50. The first-order valence-corrected chi connectivity index (χ1v) is 6.55. The Labute approximate surface area is 113 Å². The van der Waals surface area contributed by atoms with Crippen LogP contribution in [0.15, 0.2) is 6.07 Å². The van der Waals surface area contributed by atoms with Gasteiger partial charge in [0.2, 0.25) is 0 Å². The summed E-state index contributed by atoms with van der Waals surface area (Å²) in [5.41, 5.74) is 0. The number of hydrogen-bond donors (Lipinski definition) is 3. The molecule has 6 heteroatoms. The minimum absolute atomic E-state index is 0.0518. The minimum atomic E-state index is 0.0518. The average molecular weight is 271 g/mol. The fraction of sp³-hybridized carbons (Fsp3) is 0.667. The maximum absolute atomic E-state index is 8.57. The topological polar surface area (TPSA) is 70.2 Å². The fourth-order valence-corrected chi connectivity index (χ4v) is 1.74. The van der Waals surface area contributed by atoms with Gasteiger partial charge in [0.05, 0.1) is 19.8 Å². The maximum atomic E-state index is 8.57. The van der Waals surface area contributed by atoms with Gasteiger partial charge in [0, 0.05) is 19.0 Å². The van der Waals surface area contributed by atoms with Crippen LogP contribution in [0.25, 0.3) is 0 Å². The molecule has 0 atom stereocenters. The highest BCUT2D eigenvalue weighted by molar-refractivity contribution is 7.71. The van der Waals surface area contributed by atoms with Crippen LogP contribution in [0.5, 0.6) is 0 Å². The normalized spacial score (nSPS) is 10.9. The fourth-order valence-electron chi connectivity index (χ4n) is 1.51. The lowest BCUT2D eigenvalue weighted by Gasteiger charge is -2.10. The predicted octanol–water partition coefficient (Wildman–Crippen LogP) is 1.76. The molecule has 1 aromatic heterocycles. The molecule has 0 fully saturated rings. The number of nitrogens with one attached hydrogen (secondary N) is 2. The molecule has 0 saturated carbocycles. The van der Waals surface area contributed by atoms with E-state index in [9.17, 15) is 0 Å².